The lowest BCUT2D eigenvalue weighted by Gasteiger charge is -2.27. The smallest absolute Gasteiger partial charge is 0.305 e. The van der Waals surface area contributed by atoms with Gasteiger partial charge in [-0.1, -0.05) is 55.9 Å². The van der Waals surface area contributed by atoms with Crippen LogP contribution < -0.4 is 5.19 Å². The first-order valence-electron chi connectivity index (χ1n) is 7.38. The fourth-order valence-electron chi connectivity index (χ4n) is 2.50. The molecule has 0 bridgehead atoms. The van der Waals surface area contributed by atoms with E-state index in [4.69, 9.17) is 4.74 Å². The molecule has 0 saturated carbocycles. The number of fused-ring (bicyclic) bond motifs is 1. The number of ether oxygens (including phenoxy) is 1. The highest BCUT2D eigenvalue weighted by molar-refractivity contribution is 6.75. The molecule has 5 heteroatoms. The Morgan fingerprint density at radius 2 is 1.91 bits per heavy atom. The van der Waals surface area contributed by atoms with Crippen molar-refractivity contribution in [1.29, 1.82) is 0 Å². The highest BCUT2D eigenvalue weighted by Gasteiger charge is 2.31. The first-order chi connectivity index (χ1) is 10.6. The average molecular weight is 317 g/mol. The Morgan fingerprint density at radius 3 is 2.59 bits per heavy atom. The molecule has 2 rings (SSSR count). The molecule has 0 aliphatic rings. The van der Waals surface area contributed by atoms with E-state index in [9.17, 15) is 15.0 Å². The topological polar surface area (TPSA) is 66.8 Å². The monoisotopic (exact) mass is 317 g/mol. The molecular formula is C17H21O4Si. The maximum atomic E-state index is 11.6. The van der Waals surface area contributed by atoms with Crippen LogP contribution in [0.25, 0.3) is 10.8 Å². The van der Waals surface area contributed by atoms with Gasteiger partial charge in [0.1, 0.15) is 20.6 Å². The molecule has 0 fully saturated rings. The van der Waals surface area contributed by atoms with Crippen LogP contribution in [-0.2, 0) is 9.53 Å². The van der Waals surface area contributed by atoms with Gasteiger partial charge >= 0.3 is 5.97 Å². The summed E-state index contributed by atoms with van der Waals surface area (Å²) in [6.45, 7) is 3.29. The molecule has 22 heavy (non-hydrogen) atoms. The summed E-state index contributed by atoms with van der Waals surface area (Å²) in [4.78, 5) is 11.6. The van der Waals surface area contributed by atoms with Crippen LogP contribution in [0.5, 0.6) is 0 Å². The van der Waals surface area contributed by atoms with Crippen molar-refractivity contribution >= 4 is 30.7 Å². The zero-order valence-electron chi connectivity index (χ0n) is 12.8. The third kappa shape index (κ3) is 3.55. The summed E-state index contributed by atoms with van der Waals surface area (Å²) in [5.74, 6) is -0.359. The van der Waals surface area contributed by atoms with E-state index in [-0.39, 0.29) is 12.4 Å². The number of aliphatic hydroxyl groups excluding tert-OH is 2. The van der Waals surface area contributed by atoms with Crippen LogP contribution >= 0.6 is 0 Å². The van der Waals surface area contributed by atoms with Crippen molar-refractivity contribution in [2.45, 2.75) is 31.7 Å². The summed E-state index contributed by atoms with van der Waals surface area (Å²) >= 11 is 0. The molecule has 2 N–H and O–H groups in total. The first kappa shape index (κ1) is 16.7. The minimum Gasteiger partial charge on any atom is -0.463 e. The van der Waals surface area contributed by atoms with E-state index in [0.717, 1.165) is 16.0 Å². The van der Waals surface area contributed by atoms with Crippen LogP contribution in [0.3, 0.4) is 0 Å². The van der Waals surface area contributed by atoms with Gasteiger partial charge in [0.25, 0.3) is 0 Å². The quantitative estimate of drug-likeness (QED) is 0.624. The predicted molar refractivity (Wildman–Crippen MR) is 88.5 cm³/mol. The van der Waals surface area contributed by atoms with Crippen LogP contribution in [0.1, 0.15) is 13.3 Å². The van der Waals surface area contributed by atoms with E-state index < -0.39 is 27.2 Å². The van der Waals surface area contributed by atoms with Crippen LogP contribution in [-0.4, -0.2) is 43.4 Å². The van der Waals surface area contributed by atoms with Gasteiger partial charge in [-0.15, -0.1) is 0 Å². The van der Waals surface area contributed by atoms with Crippen LogP contribution in [0, 0.1) is 0 Å². The van der Waals surface area contributed by atoms with Crippen molar-refractivity contribution in [2.75, 3.05) is 6.61 Å². The largest absolute Gasteiger partial charge is 0.463 e. The third-order valence-electron chi connectivity index (χ3n) is 3.72. The van der Waals surface area contributed by atoms with Crippen molar-refractivity contribution in [1.82, 2.24) is 0 Å². The van der Waals surface area contributed by atoms with Crippen LogP contribution in [0.15, 0.2) is 42.5 Å². The van der Waals surface area contributed by atoms with Crippen molar-refractivity contribution in [3.05, 3.63) is 42.5 Å². The molecule has 2 atom stereocenters. The lowest BCUT2D eigenvalue weighted by molar-refractivity contribution is -0.150. The van der Waals surface area contributed by atoms with Crippen molar-refractivity contribution < 1.29 is 19.7 Å². The molecule has 0 amide bonds. The maximum Gasteiger partial charge on any atom is 0.305 e. The molecule has 0 saturated heterocycles. The standard InChI is InChI=1S/C17H21O4Si/c1-3-16(20)21-17(14(19)11-18)22(2)15-10-6-8-12-7-4-5-9-13(12)15/h4-10,14,17-19H,3,11H2,1-2H3. The van der Waals surface area contributed by atoms with Gasteiger partial charge in [0.2, 0.25) is 0 Å². The fourth-order valence-corrected chi connectivity index (χ4v) is 4.81. The second-order valence-electron chi connectivity index (χ2n) is 5.22. The Hall–Kier alpha value is -1.69. The Morgan fingerprint density at radius 1 is 1.23 bits per heavy atom. The van der Waals surface area contributed by atoms with Gasteiger partial charge < -0.3 is 14.9 Å². The molecule has 2 unspecified atom stereocenters. The third-order valence-corrected chi connectivity index (χ3v) is 6.37. The van der Waals surface area contributed by atoms with Crippen LogP contribution in [0.2, 0.25) is 6.55 Å². The second kappa shape index (κ2) is 7.53. The van der Waals surface area contributed by atoms with Crippen molar-refractivity contribution in [3.8, 4) is 0 Å². The zero-order chi connectivity index (χ0) is 16.1. The molecule has 0 spiro atoms. The number of benzene rings is 2. The Labute approximate surface area is 132 Å². The lowest BCUT2D eigenvalue weighted by Crippen LogP contribution is -2.50. The molecule has 0 heterocycles. The van der Waals surface area contributed by atoms with Gasteiger partial charge in [0, 0.05) is 6.42 Å². The normalized spacial score (nSPS) is 14.0. The summed E-state index contributed by atoms with van der Waals surface area (Å²) in [6, 6.07) is 14.0. The van der Waals surface area contributed by atoms with Crippen LogP contribution in [0.4, 0.5) is 0 Å². The summed E-state index contributed by atoms with van der Waals surface area (Å²) in [6.07, 6.45) is -0.812. The molecule has 0 aliphatic carbocycles. The highest BCUT2D eigenvalue weighted by Crippen LogP contribution is 2.15. The number of hydrogen-bond donors (Lipinski definition) is 2. The molecular weight excluding hydrogens is 296 g/mol. The minimum atomic E-state index is -1.40. The fraction of sp³-hybridized carbons (Fsp3) is 0.353. The Kier molecular flexibility index (Phi) is 5.71. The van der Waals surface area contributed by atoms with Crippen molar-refractivity contribution in [2.24, 2.45) is 0 Å². The summed E-state index contributed by atoms with van der Waals surface area (Å²) < 4.78 is 5.41. The summed E-state index contributed by atoms with van der Waals surface area (Å²) in [7, 11) is -1.40. The predicted octanol–water partition coefficient (Wildman–Crippen LogP) is 1.39. The van der Waals surface area contributed by atoms with Gasteiger partial charge in [0.15, 0.2) is 0 Å². The number of carbonyl (C=O) groups excluding carboxylic acids is 1. The van der Waals surface area contributed by atoms with E-state index in [1.807, 2.05) is 49.0 Å². The number of aliphatic hydroxyl groups is 2. The van der Waals surface area contributed by atoms with Gasteiger partial charge in [0.05, 0.1) is 6.61 Å². The maximum absolute atomic E-state index is 11.6. The number of rotatable bonds is 6. The van der Waals surface area contributed by atoms with Gasteiger partial charge in [-0.05, 0) is 16.0 Å². The summed E-state index contributed by atoms with van der Waals surface area (Å²) in [5, 5.41) is 22.6. The highest BCUT2D eigenvalue weighted by atomic mass is 28.3. The van der Waals surface area contributed by atoms with E-state index in [1.165, 1.54) is 0 Å². The molecule has 2 aromatic carbocycles. The summed E-state index contributed by atoms with van der Waals surface area (Å²) in [5.41, 5.74) is -0.673. The van der Waals surface area contributed by atoms with Gasteiger partial charge in [-0.25, -0.2) is 0 Å². The Bertz CT molecular complexity index is 638. The lowest BCUT2D eigenvalue weighted by atomic mass is 10.1. The van der Waals surface area contributed by atoms with E-state index in [2.05, 4.69) is 0 Å². The van der Waals surface area contributed by atoms with E-state index in [1.54, 1.807) is 6.92 Å². The van der Waals surface area contributed by atoms with Gasteiger partial charge in [-0.2, -0.15) is 0 Å². The molecule has 2 aromatic rings. The zero-order valence-corrected chi connectivity index (χ0v) is 13.8. The number of esters is 1. The molecule has 1 radical (unpaired) electrons. The Balaban J connectivity index is 2.39. The molecule has 0 aliphatic heterocycles. The number of carbonyl (C=O) groups is 1. The second-order valence-corrected chi connectivity index (χ2v) is 7.70. The van der Waals surface area contributed by atoms with Crippen molar-refractivity contribution in [3.63, 3.8) is 0 Å². The van der Waals surface area contributed by atoms with E-state index in [0.29, 0.717) is 0 Å². The molecule has 117 valence electrons. The average Bonchev–Trinajstić information content (AvgIpc) is 2.57. The van der Waals surface area contributed by atoms with Gasteiger partial charge in [-0.3, -0.25) is 4.79 Å². The molecule has 0 aromatic heterocycles. The van der Waals surface area contributed by atoms with E-state index >= 15 is 0 Å². The SMILES string of the molecule is CCC(=O)OC(C(O)CO)[Si](C)c1cccc2ccccc12. The minimum absolute atomic E-state index is 0.249. The molecule has 4 nitrogen and oxygen atoms in total. The number of hydrogen-bond acceptors (Lipinski definition) is 4. The first-order valence-corrected chi connectivity index (χ1v) is 9.46.